The number of nitrogens with two attached hydrogens (primary N) is 1. The van der Waals surface area contributed by atoms with Crippen molar-refractivity contribution in [2.45, 2.75) is 58.3 Å². The van der Waals surface area contributed by atoms with Crippen LogP contribution in [-0.4, -0.2) is 15.9 Å². The summed E-state index contributed by atoms with van der Waals surface area (Å²) >= 11 is 0. The van der Waals surface area contributed by atoms with Gasteiger partial charge in [-0.3, -0.25) is 4.79 Å². The number of carbonyl (C=O) groups excluding carboxylic acids is 1. The highest BCUT2D eigenvalue weighted by molar-refractivity contribution is 5.90. The first kappa shape index (κ1) is 18.4. The highest BCUT2D eigenvalue weighted by Gasteiger charge is 2.23. The normalized spacial score (nSPS) is 15.2. The smallest absolute Gasteiger partial charge is 0.225 e. The van der Waals surface area contributed by atoms with E-state index in [1.807, 2.05) is 38.1 Å². The van der Waals surface area contributed by atoms with Crippen LogP contribution in [0, 0.1) is 5.92 Å². The second-order valence-corrected chi connectivity index (χ2v) is 7.59. The second kappa shape index (κ2) is 8.30. The number of hydrogen-bond donors (Lipinski definition) is 2. The van der Waals surface area contributed by atoms with Crippen LogP contribution in [0.3, 0.4) is 0 Å². The Balaban J connectivity index is 1.92. The number of carbonyl (C=O) groups is 1. The predicted octanol–water partition coefficient (Wildman–Crippen LogP) is 4.76. The summed E-state index contributed by atoms with van der Waals surface area (Å²) in [6.45, 7) is 4.08. The van der Waals surface area contributed by atoms with Crippen LogP contribution < -0.4 is 11.1 Å². The first-order chi connectivity index (χ1) is 12.5. The Bertz CT molecular complexity index is 749. The van der Waals surface area contributed by atoms with Gasteiger partial charge in [-0.2, -0.15) is 0 Å². The summed E-state index contributed by atoms with van der Waals surface area (Å²) in [5.74, 6) is 1.31. The molecule has 3 N–H and O–H groups in total. The molecule has 0 aliphatic heterocycles. The predicted molar refractivity (Wildman–Crippen MR) is 106 cm³/mol. The molecule has 0 atom stereocenters. The Kier molecular flexibility index (Phi) is 5.86. The molecule has 1 amide bonds. The fraction of sp³-hybridized carbons (Fsp3) is 0.476. The quantitative estimate of drug-likeness (QED) is 0.760. The van der Waals surface area contributed by atoms with Crippen LogP contribution >= 0.6 is 0 Å². The van der Waals surface area contributed by atoms with Crippen molar-refractivity contribution in [2.24, 2.45) is 5.92 Å². The molecule has 3 rings (SSSR count). The van der Waals surface area contributed by atoms with Crippen LogP contribution in [-0.2, 0) is 4.79 Å². The molecule has 138 valence electrons. The van der Waals surface area contributed by atoms with Crippen LogP contribution in [0.4, 0.5) is 11.5 Å². The standard InChI is InChI=1S/C21H28N4O/c1-14(2)12-19(26)25-21-20(16-6-4-3-5-7-16)24-18(13-23-21)15-8-10-17(22)11-9-15/h8-11,13-14,16H,3-7,12,22H2,1-2H3,(H,23,25,26). The maximum Gasteiger partial charge on any atom is 0.225 e. The molecular formula is C21H28N4O. The number of benzene rings is 1. The van der Waals surface area contributed by atoms with Crippen LogP contribution in [0.15, 0.2) is 30.5 Å². The van der Waals surface area contributed by atoms with Crippen molar-refractivity contribution in [3.63, 3.8) is 0 Å². The highest BCUT2D eigenvalue weighted by atomic mass is 16.1. The van der Waals surface area contributed by atoms with Gasteiger partial charge in [-0.25, -0.2) is 9.97 Å². The van der Waals surface area contributed by atoms with Crippen molar-refractivity contribution in [3.8, 4) is 11.3 Å². The third kappa shape index (κ3) is 4.59. The number of hydrogen-bond acceptors (Lipinski definition) is 4. The van der Waals surface area contributed by atoms with Crippen LogP contribution in [0.1, 0.15) is 64.0 Å². The lowest BCUT2D eigenvalue weighted by molar-refractivity contribution is -0.116. The van der Waals surface area contributed by atoms with E-state index in [-0.39, 0.29) is 5.91 Å². The zero-order valence-corrected chi connectivity index (χ0v) is 15.7. The molecule has 1 fully saturated rings. The molecule has 1 aromatic carbocycles. The molecule has 5 nitrogen and oxygen atoms in total. The number of anilines is 2. The molecule has 1 aliphatic carbocycles. The average Bonchev–Trinajstić information content (AvgIpc) is 2.63. The van der Waals surface area contributed by atoms with E-state index < -0.39 is 0 Å². The molecule has 0 spiro atoms. The van der Waals surface area contributed by atoms with Gasteiger partial charge in [0.2, 0.25) is 5.91 Å². The van der Waals surface area contributed by atoms with Gasteiger partial charge in [0, 0.05) is 23.6 Å². The Labute approximate surface area is 155 Å². The van der Waals surface area contributed by atoms with Gasteiger partial charge < -0.3 is 11.1 Å². The second-order valence-electron chi connectivity index (χ2n) is 7.59. The monoisotopic (exact) mass is 352 g/mol. The van der Waals surface area contributed by atoms with E-state index in [0.29, 0.717) is 24.1 Å². The van der Waals surface area contributed by atoms with E-state index in [9.17, 15) is 4.79 Å². The van der Waals surface area contributed by atoms with Crippen molar-refractivity contribution in [2.75, 3.05) is 11.1 Å². The highest BCUT2D eigenvalue weighted by Crippen LogP contribution is 2.35. The van der Waals surface area contributed by atoms with Gasteiger partial charge in [-0.1, -0.05) is 45.2 Å². The minimum absolute atomic E-state index is 0.00611. The van der Waals surface area contributed by atoms with Crippen LogP contribution in [0.5, 0.6) is 0 Å². The molecule has 0 bridgehead atoms. The summed E-state index contributed by atoms with van der Waals surface area (Å²) in [7, 11) is 0. The molecule has 1 saturated carbocycles. The summed E-state index contributed by atoms with van der Waals surface area (Å²) in [6, 6.07) is 7.66. The molecule has 0 unspecified atom stereocenters. The van der Waals surface area contributed by atoms with Gasteiger partial charge >= 0.3 is 0 Å². The Morgan fingerprint density at radius 1 is 1.19 bits per heavy atom. The SMILES string of the molecule is CC(C)CC(=O)Nc1ncc(-c2ccc(N)cc2)nc1C1CCCCC1. The summed E-state index contributed by atoms with van der Waals surface area (Å²) in [5, 5.41) is 2.99. The van der Waals surface area contributed by atoms with Crippen molar-refractivity contribution in [1.29, 1.82) is 0 Å². The molecule has 0 saturated heterocycles. The van der Waals surface area contributed by atoms with Crippen LogP contribution in [0.2, 0.25) is 0 Å². The minimum atomic E-state index is 0.00611. The number of aromatic nitrogens is 2. The fourth-order valence-corrected chi connectivity index (χ4v) is 3.51. The molecule has 1 heterocycles. The molecule has 1 aliphatic rings. The Hall–Kier alpha value is -2.43. The van der Waals surface area contributed by atoms with E-state index in [1.165, 1.54) is 19.3 Å². The molecule has 5 heteroatoms. The van der Waals surface area contributed by atoms with E-state index in [4.69, 9.17) is 10.7 Å². The molecule has 26 heavy (non-hydrogen) atoms. The van der Waals surface area contributed by atoms with E-state index in [1.54, 1.807) is 6.20 Å². The first-order valence-corrected chi connectivity index (χ1v) is 9.55. The summed E-state index contributed by atoms with van der Waals surface area (Å²) in [4.78, 5) is 21.7. The zero-order chi connectivity index (χ0) is 18.5. The number of rotatable bonds is 5. The van der Waals surface area contributed by atoms with E-state index >= 15 is 0 Å². The Morgan fingerprint density at radius 2 is 1.88 bits per heavy atom. The van der Waals surface area contributed by atoms with Gasteiger partial charge in [0.1, 0.15) is 0 Å². The third-order valence-electron chi connectivity index (χ3n) is 4.85. The summed E-state index contributed by atoms with van der Waals surface area (Å²) < 4.78 is 0. The maximum atomic E-state index is 12.3. The third-order valence-corrected chi connectivity index (χ3v) is 4.85. The van der Waals surface area contributed by atoms with Crippen molar-refractivity contribution in [3.05, 3.63) is 36.2 Å². The van der Waals surface area contributed by atoms with Gasteiger partial charge in [0.25, 0.3) is 0 Å². The number of nitrogen functional groups attached to an aromatic ring is 1. The maximum absolute atomic E-state index is 12.3. The van der Waals surface area contributed by atoms with E-state index in [2.05, 4.69) is 10.3 Å². The number of amides is 1. The lowest BCUT2D eigenvalue weighted by Gasteiger charge is -2.23. The zero-order valence-electron chi connectivity index (χ0n) is 15.7. The van der Waals surface area contributed by atoms with Crippen molar-refractivity contribution >= 4 is 17.4 Å². The fourth-order valence-electron chi connectivity index (χ4n) is 3.51. The molecule has 0 radical (unpaired) electrons. The molecular weight excluding hydrogens is 324 g/mol. The van der Waals surface area contributed by atoms with Gasteiger partial charge in [-0.05, 0) is 30.9 Å². The number of nitrogens with one attached hydrogen (secondary N) is 1. The molecule has 2 aromatic rings. The van der Waals surface area contributed by atoms with Gasteiger partial charge in [0.15, 0.2) is 5.82 Å². The topological polar surface area (TPSA) is 80.9 Å². The lowest BCUT2D eigenvalue weighted by atomic mass is 9.86. The van der Waals surface area contributed by atoms with Gasteiger partial charge in [-0.15, -0.1) is 0 Å². The molecule has 1 aromatic heterocycles. The van der Waals surface area contributed by atoms with E-state index in [0.717, 1.165) is 35.5 Å². The summed E-state index contributed by atoms with van der Waals surface area (Å²) in [6.07, 6.45) is 8.13. The number of nitrogens with zero attached hydrogens (tertiary/aromatic N) is 2. The minimum Gasteiger partial charge on any atom is -0.399 e. The van der Waals surface area contributed by atoms with Crippen molar-refractivity contribution < 1.29 is 4.79 Å². The average molecular weight is 352 g/mol. The Morgan fingerprint density at radius 3 is 2.54 bits per heavy atom. The lowest BCUT2D eigenvalue weighted by Crippen LogP contribution is -2.19. The first-order valence-electron chi connectivity index (χ1n) is 9.55. The van der Waals surface area contributed by atoms with Crippen molar-refractivity contribution in [1.82, 2.24) is 9.97 Å². The summed E-state index contributed by atoms with van der Waals surface area (Å²) in [5.41, 5.74) is 9.26. The largest absolute Gasteiger partial charge is 0.399 e. The van der Waals surface area contributed by atoms with Crippen LogP contribution in [0.25, 0.3) is 11.3 Å². The van der Waals surface area contributed by atoms with Gasteiger partial charge in [0.05, 0.1) is 17.6 Å².